The monoisotopic (exact) mass is 306 g/mol. The molecule has 3 nitrogen and oxygen atoms in total. The molecule has 0 bridgehead atoms. The highest BCUT2D eigenvalue weighted by molar-refractivity contribution is 5.31. The predicted octanol–water partition coefficient (Wildman–Crippen LogP) is 2.73. The van der Waals surface area contributed by atoms with Crippen molar-refractivity contribution in [3.63, 3.8) is 0 Å². The Balaban J connectivity index is 2.27. The average molecular weight is 306 g/mol. The molecule has 0 unspecified atom stereocenters. The molecule has 0 radical (unpaired) electrons. The van der Waals surface area contributed by atoms with E-state index in [1.165, 1.54) is 19.2 Å². The lowest BCUT2D eigenvalue weighted by Crippen LogP contribution is -2.46. The van der Waals surface area contributed by atoms with E-state index in [1.54, 1.807) is 4.90 Å². The maximum absolute atomic E-state index is 13.8. The molecule has 1 N–H and O–H groups in total. The van der Waals surface area contributed by atoms with Crippen molar-refractivity contribution >= 4 is 0 Å². The molecule has 1 aromatic rings. The van der Waals surface area contributed by atoms with Crippen LogP contribution in [-0.4, -0.2) is 44.4 Å². The Morgan fingerprint density at radius 1 is 1.29 bits per heavy atom. The fourth-order valence-electron chi connectivity index (χ4n) is 2.56. The van der Waals surface area contributed by atoms with Gasteiger partial charge in [-0.1, -0.05) is 6.07 Å². The van der Waals surface area contributed by atoms with Crippen LogP contribution < -0.4 is 10.1 Å². The summed E-state index contributed by atoms with van der Waals surface area (Å²) in [5.41, 5.74) is 0.326. The van der Waals surface area contributed by atoms with Crippen LogP contribution in [-0.2, 0) is 0 Å². The number of alkyl halides is 3. The number of hydrogen-bond donors (Lipinski definition) is 1. The number of piperazine rings is 1. The summed E-state index contributed by atoms with van der Waals surface area (Å²) in [6.45, 7) is 2.28. The van der Waals surface area contributed by atoms with Crippen molar-refractivity contribution in [2.75, 3.05) is 33.3 Å². The van der Waals surface area contributed by atoms with Crippen LogP contribution in [0.3, 0.4) is 0 Å². The molecule has 1 saturated heterocycles. The van der Waals surface area contributed by atoms with E-state index in [2.05, 4.69) is 5.32 Å². The van der Waals surface area contributed by atoms with Crippen LogP contribution >= 0.6 is 0 Å². The zero-order valence-corrected chi connectivity index (χ0v) is 11.7. The first kappa shape index (κ1) is 16.0. The Kier molecular flexibility index (Phi) is 5.05. The lowest BCUT2D eigenvalue weighted by atomic mass is 10.0. The summed E-state index contributed by atoms with van der Waals surface area (Å²) in [6.07, 6.45) is -5.29. The van der Waals surface area contributed by atoms with Crippen LogP contribution in [0.25, 0.3) is 0 Å². The van der Waals surface area contributed by atoms with Crippen LogP contribution in [0.2, 0.25) is 0 Å². The largest absolute Gasteiger partial charge is 0.494 e. The van der Waals surface area contributed by atoms with E-state index < -0.39 is 24.5 Å². The zero-order valence-electron chi connectivity index (χ0n) is 11.7. The zero-order chi connectivity index (χ0) is 15.5. The van der Waals surface area contributed by atoms with Crippen molar-refractivity contribution in [2.24, 2.45) is 0 Å². The van der Waals surface area contributed by atoms with E-state index in [9.17, 15) is 17.6 Å². The standard InChI is InChI=1S/C14H18F4N2O/c1-21-13-3-2-10(8-11(13)15)12(9-14(16,17)18)20-6-4-19-5-7-20/h2-3,8,12,19H,4-7,9H2,1H3/t12-/m0/s1. The fourth-order valence-corrected chi connectivity index (χ4v) is 2.56. The minimum Gasteiger partial charge on any atom is -0.494 e. The maximum Gasteiger partial charge on any atom is 0.390 e. The molecule has 0 amide bonds. The van der Waals surface area contributed by atoms with Gasteiger partial charge < -0.3 is 10.1 Å². The molecule has 2 rings (SSSR count). The fraction of sp³-hybridized carbons (Fsp3) is 0.571. The molecule has 1 atom stereocenters. The Morgan fingerprint density at radius 2 is 1.95 bits per heavy atom. The summed E-state index contributed by atoms with van der Waals surface area (Å²) in [7, 11) is 1.32. The Morgan fingerprint density at radius 3 is 2.48 bits per heavy atom. The number of rotatable bonds is 4. The minimum atomic E-state index is -4.30. The molecule has 7 heteroatoms. The topological polar surface area (TPSA) is 24.5 Å². The molecule has 1 aliphatic heterocycles. The first-order chi connectivity index (χ1) is 9.90. The summed E-state index contributed by atoms with van der Waals surface area (Å²) in [6, 6.07) is 3.14. The molecule has 0 spiro atoms. The minimum absolute atomic E-state index is 0.0322. The number of ether oxygens (including phenoxy) is 1. The third-order valence-corrected chi connectivity index (χ3v) is 3.58. The van der Waals surface area contributed by atoms with E-state index in [0.29, 0.717) is 31.7 Å². The summed E-state index contributed by atoms with van der Waals surface area (Å²) in [4.78, 5) is 1.74. The summed E-state index contributed by atoms with van der Waals surface area (Å²) < 4.78 is 57.1. The van der Waals surface area contributed by atoms with Gasteiger partial charge in [-0.3, -0.25) is 4.90 Å². The molecule has 118 valence electrons. The van der Waals surface area contributed by atoms with E-state index in [0.717, 1.165) is 6.07 Å². The van der Waals surface area contributed by atoms with Gasteiger partial charge in [0, 0.05) is 32.2 Å². The highest BCUT2D eigenvalue weighted by Gasteiger charge is 2.36. The quantitative estimate of drug-likeness (QED) is 0.866. The predicted molar refractivity (Wildman–Crippen MR) is 70.8 cm³/mol. The first-order valence-electron chi connectivity index (χ1n) is 6.75. The van der Waals surface area contributed by atoms with Crippen molar-refractivity contribution < 1.29 is 22.3 Å². The van der Waals surface area contributed by atoms with Crippen molar-refractivity contribution in [3.8, 4) is 5.75 Å². The van der Waals surface area contributed by atoms with Gasteiger partial charge in [0.15, 0.2) is 11.6 Å². The van der Waals surface area contributed by atoms with Gasteiger partial charge in [-0.25, -0.2) is 4.39 Å². The van der Waals surface area contributed by atoms with Crippen LogP contribution in [0, 0.1) is 5.82 Å². The average Bonchev–Trinajstić information content (AvgIpc) is 2.45. The van der Waals surface area contributed by atoms with Crippen molar-refractivity contribution in [1.29, 1.82) is 0 Å². The molecule has 1 aliphatic rings. The number of nitrogens with zero attached hydrogens (tertiary/aromatic N) is 1. The molecule has 1 fully saturated rings. The number of halogens is 4. The second kappa shape index (κ2) is 6.62. The van der Waals surface area contributed by atoms with E-state index in [4.69, 9.17) is 4.74 Å². The van der Waals surface area contributed by atoms with E-state index in [1.807, 2.05) is 0 Å². The smallest absolute Gasteiger partial charge is 0.390 e. The Bertz CT molecular complexity index is 473. The number of nitrogens with one attached hydrogen (secondary N) is 1. The SMILES string of the molecule is COc1ccc([C@H](CC(F)(F)F)N2CCNCC2)cc1F. The highest BCUT2D eigenvalue weighted by Crippen LogP contribution is 2.35. The molecule has 0 aliphatic carbocycles. The molecular formula is C14H18F4N2O. The van der Waals surface area contributed by atoms with Gasteiger partial charge >= 0.3 is 6.18 Å². The van der Waals surface area contributed by atoms with Gasteiger partial charge in [0.25, 0.3) is 0 Å². The Labute approximate surface area is 120 Å². The van der Waals surface area contributed by atoms with Crippen molar-refractivity contribution in [3.05, 3.63) is 29.6 Å². The van der Waals surface area contributed by atoms with Crippen LogP contribution in [0.15, 0.2) is 18.2 Å². The third kappa shape index (κ3) is 4.31. The second-order valence-electron chi connectivity index (χ2n) is 5.02. The third-order valence-electron chi connectivity index (χ3n) is 3.58. The molecule has 21 heavy (non-hydrogen) atoms. The number of hydrogen-bond acceptors (Lipinski definition) is 3. The van der Waals surface area contributed by atoms with Crippen molar-refractivity contribution in [1.82, 2.24) is 10.2 Å². The highest BCUT2D eigenvalue weighted by atomic mass is 19.4. The van der Waals surface area contributed by atoms with Crippen LogP contribution in [0.5, 0.6) is 5.75 Å². The lowest BCUT2D eigenvalue weighted by Gasteiger charge is -2.35. The van der Waals surface area contributed by atoms with Crippen molar-refractivity contribution in [2.45, 2.75) is 18.6 Å². The van der Waals surface area contributed by atoms with Gasteiger partial charge in [0.05, 0.1) is 13.5 Å². The first-order valence-corrected chi connectivity index (χ1v) is 6.75. The van der Waals surface area contributed by atoms with Gasteiger partial charge in [-0.15, -0.1) is 0 Å². The molecule has 1 heterocycles. The molecule has 0 saturated carbocycles. The lowest BCUT2D eigenvalue weighted by molar-refractivity contribution is -0.148. The molecule has 0 aromatic heterocycles. The molecular weight excluding hydrogens is 288 g/mol. The number of benzene rings is 1. The number of methoxy groups -OCH3 is 1. The maximum atomic E-state index is 13.8. The summed E-state index contributed by atoms with van der Waals surface area (Å²) in [5.74, 6) is -0.609. The van der Waals surface area contributed by atoms with E-state index >= 15 is 0 Å². The van der Waals surface area contributed by atoms with Crippen LogP contribution in [0.1, 0.15) is 18.0 Å². The Hall–Kier alpha value is -1.34. The van der Waals surface area contributed by atoms with Gasteiger partial charge in [-0.05, 0) is 17.7 Å². The second-order valence-corrected chi connectivity index (χ2v) is 5.02. The molecule has 1 aromatic carbocycles. The van der Waals surface area contributed by atoms with Gasteiger partial charge in [0.2, 0.25) is 0 Å². The van der Waals surface area contributed by atoms with Crippen LogP contribution in [0.4, 0.5) is 17.6 Å². The summed E-state index contributed by atoms with van der Waals surface area (Å²) in [5, 5.41) is 3.10. The normalized spacial score (nSPS) is 18.5. The van der Waals surface area contributed by atoms with Gasteiger partial charge in [0.1, 0.15) is 0 Å². The van der Waals surface area contributed by atoms with Gasteiger partial charge in [-0.2, -0.15) is 13.2 Å². The summed E-state index contributed by atoms with van der Waals surface area (Å²) >= 11 is 0. The van der Waals surface area contributed by atoms with E-state index in [-0.39, 0.29) is 5.75 Å².